The second kappa shape index (κ2) is 7.25. The third-order valence-electron chi connectivity index (χ3n) is 6.08. The van der Waals surface area contributed by atoms with Gasteiger partial charge in [0.05, 0.1) is 11.4 Å². The summed E-state index contributed by atoms with van der Waals surface area (Å²) in [5.74, 6) is 0.683. The zero-order valence-corrected chi connectivity index (χ0v) is 17.2. The van der Waals surface area contributed by atoms with Gasteiger partial charge in [-0.15, -0.1) is 11.3 Å². The monoisotopic (exact) mass is 407 g/mol. The Morgan fingerprint density at radius 1 is 1.33 bits per heavy atom. The van der Waals surface area contributed by atoms with Crippen LogP contribution in [0.25, 0.3) is 0 Å². The van der Waals surface area contributed by atoms with Crippen LogP contribution in [-0.4, -0.2) is 45.5 Å². The third-order valence-corrected chi connectivity index (χ3v) is 8.25. The lowest BCUT2D eigenvalue weighted by molar-refractivity contribution is -0.120. The normalized spacial score (nSPS) is 28.5. The lowest BCUT2D eigenvalue weighted by Gasteiger charge is -2.47. The van der Waals surface area contributed by atoms with Gasteiger partial charge in [0.15, 0.2) is 0 Å². The summed E-state index contributed by atoms with van der Waals surface area (Å²) in [6.07, 6.45) is 4.04. The van der Waals surface area contributed by atoms with Crippen molar-refractivity contribution >= 4 is 21.4 Å². The van der Waals surface area contributed by atoms with E-state index in [0.29, 0.717) is 16.7 Å². The summed E-state index contributed by atoms with van der Waals surface area (Å²) in [5, 5.41) is 3.16. The quantitative estimate of drug-likeness (QED) is 0.796. The maximum absolute atomic E-state index is 12.3. The fourth-order valence-electron chi connectivity index (χ4n) is 4.91. The molecule has 2 aliphatic rings. The van der Waals surface area contributed by atoms with Crippen LogP contribution in [0.1, 0.15) is 23.4 Å². The Morgan fingerprint density at radius 3 is 2.67 bits per heavy atom. The van der Waals surface area contributed by atoms with E-state index in [-0.39, 0.29) is 0 Å². The van der Waals surface area contributed by atoms with E-state index in [1.165, 1.54) is 7.05 Å². The number of aromatic nitrogens is 1. The summed E-state index contributed by atoms with van der Waals surface area (Å²) in [6.45, 7) is 2.75. The van der Waals surface area contributed by atoms with Crippen molar-refractivity contribution < 1.29 is 13.2 Å². The minimum Gasteiger partial charge on any atom is -0.373 e. The van der Waals surface area contributed by atoms with Crippen LogP contribution >= 0.6 is 11.3 Å². The molecule has 6 nitrogen and oxygen atoms in total. The van der Waals surface area contributed by atoms with Crippen LogP contribution in [0.2, 0.25) is 0 Å². The molecule has 1 saturated carbocycles. The number of fused-ring (bicyclic) bond motifs is 2. The van der Waals surface area contributed by atoms with Crippen molar-refractivity contribution in [2.75, 3.05) is 27.2 Å². The second-order valence-corrected chi connectivity index (χ2v) is 10.2. The van der Waals surface area contributed by atoms with E-state index in [2.05, 4.69) is 14.6 Å². The number of sulfonamides is 1. The van der Waals surface area contributed by atoms with Gasteiger partial charge in [-0.25, -0.2) is 18.1 Å². The fourth-order valence-corrected chi connectivity index (χ4v) is 6.35. The lowest BCUT2D eigenvalue weighted by Crippen LogP contribution is -2.52. The van der Waals surface area contributed by atoms with Crippen LogP contribution < -0.4 is 4.72 Å². The Labute approximate surface area is 164 Å². The topological polar surface area (TPSA) is 71.5 Å². The summed E-state index contributed by atoms with van der Waals surface area (Å²) in [7, 11) is -0.272. The first-order valence-electron chi connectivity index (χ1n) is 9.19. The highest BCUT2D eigenvalue weighted by Crippen LogP contribution is 2.53. The molecule has 0 radical (unpaired) electrons. The number of nitrogens with zero attached hydrogens (tertiary/aromatic N) is 2. The van der Waals surface area contributed by atoms with Gasteiger partial charge in [0.25, 0.3) is 0 Å². The van der Waals surface area contributed by atoms with E-state index < -0.39 is 15.6 Å². The average Bonchev–Trinajstić information content (AvgIpc) is 3.25. The summed E-state index contributed by atoms with van der Waals surface area (Å²) in [6, 6.07) is 7.26. The predicted molar refractivity (Wildman–Crippen MR) is 105 cm³/mol. The molecule has 146 valence electrons. The predicted octanol–water partition coefficient (Wildman–Crippen LogP) is 2.43. The highest BCUT2D eigenvalue weighted by Gasteiger charge is 2.55. The Morgan fingerprint density at radius 2 is 2.07 bits per heavy atom. The number of hydrogen-bond donors (Lipinski definition) is 1. The van der Waals surface area contributed by atoms with Gasteiger partial charge in [-0.1, -0.05) is 12.1 Å². The van der Waals surface area contributed by atoms with Crippen molar-refractivity contribution in [3.05, 3.63) is 46.4 Å². The number of thiazole rings is 1. The highest BCUT2D eigenvalue weighted by atomic mass is 32.2. The molecule has 0 spiro atoms. The van der Waals surface area contributed by atoms with Gasteiger partial charge in [0.1, 0.15) is 10.6 Å². The molecule has 1 saturated heterocycles. The van der Waals surface area contributed by atoms with Crippen LogP contribution in [0.5, 0.6) is 0 Å². The van der Waals surface area contributed by atoms with Crippen LogP contribution in [-0.2, 0) is 26.9 Å². The molecular formula is C19H25N3O3S2. The van der Waals surface area contributed by atoms with Gasteiger partial charge < -0.3 is 4.74 Å². The van der Waals surface area contributed by atoms with Crippen molar-refractivity contribution in [1.29, 1.82) is 0 Å². The zero-order chi connectivity index (χ0) is 19.1. The number of ether oxygens (including phenoxy) is 1. The number of hydrogen-bond acceptors (Lipinski definition) is 6. The van der Waals surface area contributed by atoms with Crippen LogP contribution in [0, 0.1) is 11.8 Å². The van der Waals surface area contributed by atoms with Crippen LogP contribution in [0.15, 0.2) is 40.7 Å². The molecule has 1 aromatic heterocycles. The van der Waals surface area contributed by atoms with Crippen LogP contribution in [0.4, 0.5) is 0 Å². The van der Waals surface area contributed by atoms with E-state index >= 15 is 0 Å². The molecule has 4 rings (SSSR count). The lowest BCUT2D eigenvalue weighted by atomic mass is 9.75. The van der Waals surface area contributed by atoms with Crippen molar-refractivity contribution in [3.8, 4) is 0 Å². The number of methoxy groups -OCH3 is 1. The van der Waals surface area contributed by atoms with Crippen LogP contribution in [0.3, 0.4) is 0 Å². The van der Waals surface area contributed by atoms with E-state index in [1.54, 1.807) is 30.6 Å². The minimum absolute atomic E-state index is 0.295. The van der Waals surface area contributed by atoms with Gasteiger partial charge in [-0.2, -0.15) is 0 Å². The highest BCUT2D eigenvalue weighted by molar-refractivity contribution is 7.89. The van der Waals surface area contributed by atoms with Gasteiger partial charge in [-0.3, -0.25) is 4.90 Å². The largest absolute Gasteiger partial charge is 0.373 e. The van der Waals surface area contributed by atoms with Crippen molar-refractivity contribution in [2.24, 2.45) is 11.8 Å². The number of piperidine rings is 1. The Kier molecular flexibility index (Phi) is 5.11. The molecule has 2 bridgehead atoms. The molecule has 1 aromatic carbocycles. The Balaban J connectivity index is 1.65. The first-order valence-corrected chi connectivity index (χ1v) is 11.6. The van der Waals surface area contributed by atoms with Crippen molar-refractivity contribution in [3.63, 3.8) is 0 Å². The van der Waals surface area contributed by atoms with Gasteiger partial charge in [-0.05, 0) is 37.6 Å². The zero-order valence-electron chi connectivity index (χ0n) is 15.6. The number of benzene rings is 1. The van der Waals surface area contributed by atoms with Gasteiger partial charge in [0, 0.05) is 43.6 Å². The number of likely N-dealkylation sites (tertiary alicyclic amines) is 1. The molecule has 2 aromatic rings. The van der Waals surface area contributed by atoms with Gasteiger partial charge >= 0.3 is 0 Å². The van der Waals surface area contributed by atoms with Gasteiger partial charge in [0.2, 0.25) is 10.0 Å². The molecular weight excluding hydrogens is 382 g/mol. The Hall–Kier alpha value is -1.32. The SMILES string of the molecule is CNS(=O)(=O)c1cccc(C2(OC)C3CCC2CN(Cc2nccs2)C3)c1. The van der Waals surface area contributed by atoms with E-state index in [4.69, 9.17) is 4.74 Å². The molecule has 2 atom stereocenters. The average molecular weight is 408 g/mol. The maximum Gasteiger partial charge on any atom is 0.240 e. The molecule has 0 amide bonds. The summed E-state index contributed by atoms with van der Waals surface area (Å²) >= 11 is 1.69. The van der Waals surface area contributed by atoms with Crippen molar-refractivity contribution in [1.82, 2.24) is 14.6 Å². The second-order valence-electron chi connectivity index (χ2n) is 7.32. The smallest absolute Gasteiger partial charge is 0.240 e. The third kappa shape index (κ3) is 3.23. The molecule has 1 N–H and O–H groups in total. The maximum atomic E-state index is 12.3. The number of rotatable bonds is 6. The molecule has 2 heterocycles. The molecule has 2 fully saturated rings. The van der Waals surface area contributed by atoms with E-state index in [1.807, 2.05) is 23.7 Å². The van der Waals surface area contributed by atoms with E-state index in [9.17, 15) is 8.42 Å². The Bertz CT molecular complexity index is 885. The van der Waals surface area contributed by atoms with Crippen molar-refractivity contribution in [2.45, 2.75) is 29.9 Å². The molecule has 8 heteroatoms. The molecule has 2 unspecified atom stereocenters. The standard InChI is InChI=1S/C19H25N3O3S2/c1-20-27(23,24)17-5-3-4-14(10-17)19(25-2)15-6-7-16(19)12-22(11-15)13-18-21-8-9-26-18/h3-5,8-10,15-16,20H,6-7,11-13H2,1-2H3. The minimum atomic E-state index is -3.48. The molecule has 27 heavy (non-hydrogen) atoms. The fraction of sp³-hybridized carbons (Fsp3) is 0.526. The first kappa shape index (κ1) is 19.0. The molecule has 1 aliphatic heterocycles. The van der Waals surface area contributed by atoms with E-state index in [0.717, 1.165) is 43.0 Å². The summed E-state index contributed by atoms with van der Waals surface area (Å²) in [4.78, 5) is 7.18. The first-order chi connectivity index (χ1) is 13.0. The summed E-state index contributed by atoms with van der Waals surface area (Å²) in [5.41, 5.74) is 0.557. The summed E-state index contributed by atoms with van der Waals surface area (Å²) < 4.78 is 33.1. The number of nitrogens with one attached hydrogen (secondary N) is 1. The molecule has 1 aliphatic carbocycles.